The van der Waals surface area contributed by atoms with Crippen LogP contribution in [0.3, 0.4) is 0 Å². The number of aliphatic hydroxyl groups is 1. The molecular weight excluding hydrogens is 416 g/mol. The predicted octanol–water partition coefficient (Wildman–Crippen LogP) is 2.57. The van der Waals surface area contributed by atoms with Crippen LogP contribution in [-0.2, 0) is 18.6 Å². The third-order valence-corrected chi connectivity index (χ3v) is 6.81. The fraction of sp³-hybridized carbons (Fsp3) is 0.577. The van der Waals surface area contributed by atoms with E-state index < -0.39 is 5.72 Å². The third kappa shape index (κ3) is 5.66. The molecule has 1 atom stereocenters. The Bertz CT molecular complexity index is 905. The van der Waals surface area contributed by atoms with E-state index in [4.69, 9.17) is 4.42 Å². The summed E-state index contributed by atoms with van der Waals surface area (Å²) in [6.07, 6.45) is 2.89. The number of carbonyl (C=O) groups excluding carboxylic acids is 1. The van der Waals surface area contributed by atoms with E-state index in [0.29, 0.717) is 36.4 Å². The van der Waals surface area contributed by atoms with Crippen LogP contribution in [0.1, 0.15) is 60.5 Å². The third-order valence-electron chi connectivity index (χ3n) is 6.81. The largest absolute Gasteiger partial charge is 0.468 e. The first-order valence-corrected chi connectivity index (χ1v) is 12.4. The van der Waals surface area contributed by atoms with E-state index in [1.165, 1.54) is 6.26 Å². The lowest BCUT2D eigenvalue weighted by Gasteiger charge is -2.32. The van der Waals surface area contributed by atoms with Gasteiger partial charge in [0.15, 0.2) is 5.72 Å². The molecule has 1 aliphatic carbocycles. The number of aryl methyl sites for hydroxylation is 2. The van der Waals surface area contributed by atoms with Crippen LogP contribution in [0.4, 0.5) is 0 Å². The van der Waals surface area contributed by atoms with Crippen molar-refractivity contribution in [3.8, 4) is 0 Å². The zero-order valence-corrected chi connectivity index (χ0v) is 20.6. The van der Waals surface area contributed by atoms with Crippen molar-refractivity contribution >= 4 is 5.91 Å². The summed E-state index contributed by atoms with van der Waals surface area (Å²) in [6, 6.07) is 7.92. The molecule has 0 fully saturated rings. The van der Waals surface area contributed by atoms with Crippen molar-refractivity contribution in [2.75, 3.05) is 52.4 Å². The van der Waals surface area contributed by atoms with E-state index in [1.807, 2.05) is 24.3 Å². The standard InChI is InChI=1S/C26H40N4O3/c1-5-29(6-2)17-15-27-25(31)21-19-33-23-14-13-20-11-9-10-12-22(20)26(32,24(21)23)28-16-18-30(7-3)8-4/h9-12,19,28,32H,5-8,13-18H2,1-4H3,(H,27,31). The summed E-state index contributed by atoms with van der Waals surface area (Å²) in [7, 11) is 0. The Hall–Kier alpha value is -2.19. The normalized spacial score (nSPS) is 17.7. The molecule has 3 N–H and O–H groups in total. The van der Waals surface area contributed by atoms with Gasteiger partial charge in [0, 0.05) is 38.2 Å². The molecule has 0 saturated carbocycles. The number of rotatable bonds is 12. The first-order valence-electron chi connectivity index (χ1n) is 12.4. The molecule has 0 saturated heterocycles. The molecule has 0 radical (unpaired) electrons. The van der Waals surface area contributed by atoms with Crippen molar-refractivity contribution in [1.29, 1.82) is 0 Å². The minimum absolute atomic E-state index is 0.212. The maximum Gasteiger partial charge on any atom is 0.255 e. The minimum atomic E-state index is -1.49. The van der Waals surface area contributed by atoms with Crippen LogP contribution >= 0.6 is 0 Å². The zero-order valence-electron chi connectivity index (χ0n) is 20.6. The summed E-state index contributed by atoms with van der Waals surface area (Å²) in [6.45, 7) is 15.0. The van der Waals surface area contributed by atoms with Crippen molar-refractivity contribution < 1.29 is 14.3 Å². The van der Waals surface area contributed by atoms with Gasteiger partial charge >= 0.3 is 0 Å². The molecule has 0 bridgehead atoms. The van der Waals surface area contributed by atoms with Crippen molar-refractivity contribution in [3.05, 3.63) is 58.5 Å². The number of fused-ring (bicyclic) bond motifs is 2. The Balaban J connectivity index is 1.90. The Morgan fingerprint density at radius 1 is 1.00 bits per heavy atom. The lowest BCUT2D eigenvalue weighted by molar-refractivity contribution is 0.0381. The molecule has 3 rings (SSSR count). The molecule has 1 amide bonds. The van der Waals surface area contributed by atoms with Gasteiger partial charge in [-0.25, -0.2) is 0 Å². The Kier molecular flexibility index (Phi) is 9.09. The Labute approximate surface area is 198 Å². The van der Waals surface area contributed by atoms with Gasteiger partial charge in [-0.3, -0.25) is 10.1 Å². The van der Waals surface area contributed by atoms with Gasteiger partial charge in [-0.2, -0.15) is 0 Å². The van der Waals surface area contributed by atoms with Crippen molar-refractivity contribution in [1.82, 2.24) is 20.4 Å². The van der Waals surface area contributed by atoms with Crippen LogP contribution in [0.25, 0.3) is 0 Å². The first kappa shape index (κ1) is 25.4. The highest BCUT2D eigenvalue weighted by Crippen LogP contribution is 2.38. The molecule has 2 aromatic rings. The zero-order chi connectivity index (χ0) is 23.8. The van der Waals surface area contributed by atoms with Gasteiger partial charge in [0.1, 0.15) is 12.0 Å². The van der Waals surface area contributed by atoms with Crippen LogP contribution < -0.4 is 10.6 Å². The molecule has 1 aromatic carbocycles. The van der Waals surface area contributed by atoms with Crippen LogP contribution in [0, 0.1) is 0 Å². The Morgan fingerprint density at radius 2 is 1.64 bits per heavy atom. The molecular formula is C26H40N4O3. The molecule has 1 unspecified atom stereocenters. The quantitative estimate of drug-likeness (QED) is 0.426. The van der Waals surface area contributed by atoms with Gasteiger partial charge in [-0.15, -0.1) is 0 Å². The molecule has 33 heavy (non-hydrogen) atoms. The molecule has 1 aliphatic rings. The second-order valence-corrected chi connectivity index (χ2v) is 8.55. The summed E-state index contributed by atoms with van der Waals surface area (Å²) >= 11 is 0. The smallest absolute Gasteiger partial charge is 0.255 e. The molecule has 7 heteroatoms. The van der Waals surface area contributed by atoms with Crippen LogP contribution in [0.5, 0.6) is 0 Å². The fourth-order valence-corrected chi connectivity index (χ4v) is 4.70. The minimum Gasteiger partial charge on any atom is -0.468 e. The second kappa shape index (κ2) is 11.8. The van der Waals surface area contributed by atoms with Gasteiger partial charge in [-0.1, -0.05) is 52.0 Å². The molecule has 0 aliphatic heterocycles. The highest BCUT2D eigenvalue weighted by molar-refractivity contribution is 5.96. The summed E-state index contributed by atoms with van der Waals surface area (Å²) < 4.78 is 5.87. The maximum atomic E-state index is 13.2. The lowest BCUT2D eigenvalue weighted by atomic mass is 9.90. The van der Waals surface area contributed by atoms with Gasteiger partial charge < -0.3 is 24.6 Å². The number of nitrogens with one attached hydrogen (secondary N) is 2. The first-order chi connectivity index (χ1) is 16.0. The van der Waals surface area contributed by atoms with E-state index in [-0.39, 0.29) is 5.91 Å². The molecule has 1 aromatic heterocycles. The van der Waals surface area contributed by atoms with Gasteiger partial charge in [-0.05, 0) is 38.2 Å². The molecule has 7 nitrogen and oxygen atoms in total. The maximum absolute atomic E-state index is 13.2. The van der Waals surface area contributed by atoms with E-state index in [2.05, 4.69) is 48.1 Å². The number of hydrogen-bond acceptors (Lipinski definition) is 6. The number of carbonyl (C=O) groups is 1. The van der Waals surface area contributed by atoms with Crippen molar-refractivity contribution in [2.24, 2.45) is 0 Å². The van der Waals surface area contributed by atoms with Crippen LogP contribution in [-0.4, -0.2) is 73.2 Å². The van der Waals surface area contributed by atoms with E-state index >= 15 is 0 Å². The summed E-state index contributed by atoms with van der Waals surface area (Å²) in [5, 5.41) is 18.6. The number of amides is 1. The Morgan fingerprint density at radius 3 is 2.30 bits per heavy atom. The number of furan rings is 1. The van der Waals surface area contributed by atoms with Gasteiger partial charge in [0.25, 0.3) is 5.91 Å². The summed E-state index contributed by atoms with van der Waals surface area (Å²) in [5.41, 5.74) is 1.32. The van der Waals surface area contributed by atoms with E-state index in [9.17, 15) is 9.90 Å². The van der Waals surface area contributed by atoms with Crippen LogP contribution in [0.15, 0.2) is 34.9 Å². The number of nitrogens with zero attached hydrogens (tertiary/aromatic N) is 2. The van der Waals surface area contributed by atoms with E-state index in [0.717, 1.165) is 56.8 Å². The second-order valence-electron chi connectivity index (χ2n) is 8.55. The van der Waals surface area contributed by atoms with E-state index in [1.54, 1.807) is 0 Å². The van der Waals surface area contributed by atoms with Crippen LogP contribution in [0.2, 0.25) is 0 Å². The molecule has 0 spiro atoms. The highest BCUT2D eigenvalue weighted by atomic mass is 16.3. The average Bonchev–Trinajstić information content (AvgIpc) is 3.23. The van der Waals surface area contributed by atoms with Crippen molar-refractivity contribution in [3.63, 3.8) is 0 Å². The predicted molar refractivity (Wildman–Crippen MR) is 131 cm³/mol. The molecule has 1 heterocycles. The number of hydrogen-bond donors (Lipinski definition) is 3. The average molecular weight is 457 g/mol. The SMILES string of the molecule is CCN(CC)CCNC(=O)c1coc2c1C(O)(NCCN(CC)CC)c1ccccc1CC2. The summed E-state index contributed by atoms with van der Waals surface area (Å²) in [4.78, 5) is 17.7. The fourth-order valence-electron chi connectivity index (χ4n) is 4.70. The number of likely N-dealkylation sites (N-methyl/N-ethyl adjacent to an activating group) is 2. The molecule has 182 valence electrons. The lowest BCUT2D eigenvalue weighted by Crippen LogP contribution is -2.48. The monoisotopic (exact) mass is 456 g/mol. The van der Waals surface area contributed by atoms with Crippen molar-refractivity contribution in [2.45, 2.75) is 46.3 Å². The summed E-state index contributed by atoms with van der Waals surface area (Å²) in [5.74, 6) is 0.452. The number of benzene rings is 1. The topological polar surface area (TPSA) is 81.0 Å². The van der Waals surface area contributed by atoms with Gasteiger partial charge in [0.05, 0.1) is 11.1 Å². The van der Waals surface area contributed by atoms with Gasteiger partial charge in [0.2, 0.25) is 0 Å². The highest BCUT2D eigenvalue weighted by Gasteiger charge is 2.42.